The van der Waals surface area contributed by atoms with E-state index in [1.54, 1.807) is 0 Å². The predicted molar refractivity (Wildman–Crippen MR) is 75.8 cm³/mol. The number of ether oxygens (including phenoxy) is 2. The van der Waals surface area contributed by atoms with Gasteiger partial charge < -0.3 is 9.47 Å². The fraction of sp³-hybridized carbons (Fsp3) is 0.750. The smallest absolute Gasteiger partial charge is 0.309 e. The number of Topliss-reactive ketones (excluding diaryl/α,β-unsaturated/α-hetero) is 2. The molecule has 0 aromatic carbocycles. The van der Waals surface area contributed by atoms with Crippen molar-refractivity contribution in [3.63, 3.8) is 0 Å². The number of esters is 2. The second kappa shape index (κ2) is 8.06. The molecular formula is C16H22O6. The number of hydrogen-bond acceptors (Lipinski definition) is 6. The average Bonchev–Trinajstić information content (AvgIpc) is 3.09. The van der Waals surface area contributed by atoms with Crippen LogP contribution >= 0.6 is 0 Å². The molecule has 0 amide bonds. The first-order valence-electron chi connectivity index (χ1n) is 7.93. The van der Waals surface area contributed by atoms with E-state index in [0.717, 1.165) is 0 Å². The minimum atomic E-state index is -0.215. The van der Waals surface area contributed by atoms with E-state index in [-0.39, 0.29) is 48.2 Å². The fourth-order valence-electron chi connectivity index (χ4n) is 2.80. The van der Waals surface area contributed by atoms with Gasteiger partial charge in [-0.15, -0.1) is 0 Å². The molecule has 6 heteroatoms. The van der Waals surface area contributed by atoms with Crippen LogP contribution in [0.5, 0.6) is 0 Å². The second-order valence-electron chi connectivity index (χ2n) is 5.96. The molecule has 2 rings (SSSR count). The molecule has 0 radical (unpaired) electrons. The molecule has 0 spiro atoms. The Bertz CT molecular complexity index is 414. The summed E-state index contributed by atoms with van der Waals surface area (Å²) in [7, 11) is 0. The maximum atomic E-state index is 11.7. The lowest BCUT2D eigenvalue weighted by Crippen LogP contribution is -2.12. The van der Waals surface area contributed by atoms with Crippen LogP contribution in [0, 0.1) is 11.8 Å². The number of hydrogen-bond donors (Lipinski definition) is 0. The molecule has 0 N–H and O–H groups in total. The van der Waals surface area contributed by atoms with E-state index in [1.165, 1.54) is 0 Å². The molecule has 2 fully saturated rings. The van der Waals surface area contributed by atoms with Gasteiger partial charge >= 0.3 is 11.9 Å². The van der Waals surface area contributed by atoms with Gasteiger partial charge in [0.2, 0.25) is 0 Å². The van der Waals surface area contributed by atoms with Crippen LogP contribution in [0.25, 0.3) is 0 Å². The van der Waals surface area contributed by atoms with E-state index in [2.05, 4.69) is 0 Å². The third-order valence-corrected chi connectivity index (χ3v) is 4.31. The molecule has 2 unspecified atom stereocenters. The summed E-state index contributed by atoms with van der Waals surface area (Å²) < 4.78 is 9.69. The van der Waals surface area contributed by atoms with Crippen LogP contribution in [-0.2, 0) is 28.7 Å². The summed E-state index contributed by atoms with van der Waals surface area (Å²) in [6, 6.07) is 0. The first-order valence-corrected chi connectivity index (χ1v) is 7.93. The molecule has 2 aliphatic rings. The topological polar surface area (TPSA) is 86.7 Å². The van der Waals surface area contributed by atoms with Gasteiger partial charge in [0.1, 0.15) is 11.6 Å². The molecule has 2 heterocycles. The van der Waals surface area contributed by atoms with Crippen molar-refractivity contribution in [3.05, 3.63) is 0 Å². The molecule has 0 bridgehead atoms. The molecule has 2 saturated heterocycles. The Kier molecular flexibility index (Phi) is 6.10. The molecule has 2 aliphatic heterocycles. The minimum absolute atomic E-state index is 0.00771. The van der Waals surface area contributed by atoms with Crippen LogP contribution in [0.4, 0.5) is 0 Å². The molecule has 6 nitrogen and oxygen atoms in total. The van der Waals surface area contributed by atoms with Gasteiger partial charge in [-0.05, 0) is 25.7 Å². The Morgan fingerprint density at radius 2 is 1.18 bits per heavy atom. The van der Waals surface area contributed by atoms with E-state index in [9.17, 15) is 19.2 Å². The van der Waals surface area contributed by atoms with Gasteiger partial charge in [-0.3, -0.25) is 19.2 Å². The van der Waals surface area contributed by atoms with Crippen molar-refractivity contribution >= 4 is 23.5 Å². The van der Waals surface area contributed by atoms with Crippen LogP contribution < -0.4 is 0 Å². The molecule has 0 saturated carbocycles. The lowest BCUT2D eigenvalue weighted by molar-refractivity contribution is -0.142. The van der Waals surface area contributed by atoms with Crippen LogP contribution in [-0.4, -0.2) is 36.7 Å². The SMILES string of the molecule is O=C(CCC(=O)CCC1CCOC1=O)CCC1CCOC1=O. The Hall–Kier alpha value is -1.72. The van der Waals surface area contributed by atoms with Crippen molar-refractivity contribution in [2.24, 2.45) is 11.8 Å². The molecular weight excluding hydrogens is 288 g/mol. The molecule has 122 valence electrons. The number of carbonyl (C=O) groups excluding carboxylic acids is 4. The summed E-state index contributed by atoms with van der Waals surface area (Å²) in [6.45, 7) is 0.888. The third-order valence-electron chi connectivity index (χ3n) is 4.31. The summed E-state index contributed by atoms with van der Waals surface area (Å²) in [5.74, 6) is -0.734. The number of rotatable bonds is 9. The summed E-state index contributed by atoms with van der Waals surface area (Å²) in [5.41, 5.74) is 0. The first kappa shape index (κ1) is 16.6. The molecule has 2 atom stereocenters. The van der Waals surface area contributed by atoms with E-state index in [4.69, 9.17) is 9.47 Å². The van der Waals surface area contributed by atoms with Crippen molar-refractivity contribution in [2.75, 3.05) is 13.2 Å². The van der Waals surface area contributed by atoms with Gasteiger partial charge in [-0.2, -0.15) is 0 Å². The normalized spacial score (nSPS) is 24.2. The Balaban J connectivity index is 1.56. The maximum absolute atomic E-state index is 11.7. The number of cyclic esters (lactones) is 2. The van der Waals surface area contributed by atoms with Crippen LogP contribution in [0.15, 0.2) is 0 Å². The van der Waals surface area contributed by atoms with Crippen molar-refractivity contribution in [1.82, 2.24) is 0 Å². The predicted octanol–water partition coefficient (Wildman–Crippen LogP) is 1.59. The van der Waals surface area contributed by atoms with E-state index >= 15 is 0 Å². The van der Waals surface area contributed by atoms with E-state index in [1.807, 2.05) is 0 Å². The maximum Gasteiger partial charge on any atom is 0.309 e. The highest BCUT2D eigenvalue weighted by atomic mass is 16.5. The van der Waals surface area contributed by atoms with Crippen LogP contribution in [0.2, 0.25) is 0 Å². The third kappa shape index (κ3) is 4.93. The zero-order valence-electron chi connectivity index (χ0n) is 12.7. The summed E-state index contributed by atoms with van der Waals surface area (Å²) in [5, 5.41) is 0. The standard InChI is InChI=1S/C16H22O6/c17-13(3-1-11-7-9-21-15(11)19)5-6-14(18)4-2-12-8-10-22-16(12)20/h11-12H,1-10H2. The lowest BCUT2D eigenvalue weighted by Gasteiger charge is -2.06. The Morgan fingerprint density at radius 3 is 1.50 bits per heavy atom. The average molecular weight is 310 g/mol. The number of ketones is 2. The molecule has 0 aromatic heterocycles. The van der Waals surface area contributed by atoms with Crippen LogP contribution in [0.1, 0.15) is 51.4 Å². The van der Waals surface area contributed by atoms with Gasteiger partial charge in [-0.25, -0.2) is 0 Å². The number of carbonyl (C=O) groups is 4. The summed E-state index contributed by atoms with van der Waals surface area (Å²) in [6.07, 6.45) is 3.47. The lowest BCUT2D eigenvalue weighted by atomic mass is 9.96. The van der Waals surface area contributed by atoms with Gasteiger partial charge in [0.05, 0.1) is 25.0 Å². The van der Waals surface area contributed by atoms with Crippen molar-refractivity contribution < 1.29 is 28.7 Å². The quantitative estimate of drug-likeness (QED) is 0.601. The Morgan fingerprint density at radius 1 is 0.773 bits per heavy atom. The van der Waals surface area contributed by atoms with Crippen molar-refractivity contribution in [3.8, 4) is 0 Å². The van der Waals surface area contributed by atoms with Gasteiger partial charge in [0, 0.05) is 25.7 Å². The summed E-state index contributed by atoms with van der Waals surface area (Å²) in [4.78, 5) is 46.0. The zero-order valence-corrected chi connectivity index (χ0v) is 12.7. The molecule has 22 heavy (non-hydrogen) atoms. The zero-order chi connectivity index (χ0) is 15.9. The second-order valence-corrected chi connectivity index (χ2v) is 5.96. The highest BCUT2D eigenvalue weighted by molar-refractivity contribution is 5.86. The van der Waals surface area contributed by atoms with Crippen molar-refractivity contribution in [2.45, 2.75) is 51.4 Å². The van der Waals surface area contributed by atoms with Gasteiger partial charge in [-0.1, -0.05) is 0 Å². The minimum Gasteiger partial charge on any atom is -0.465 e. The van der Waals surface area contributed by atoms with E-state index in [0.29, 0.717) is 51.7 Å². The molecule has 0 aromatic rings. The fourth-order valence-corrected chi connectivity index (χ4v) is 2.80. The van der Waals surface area contributed by atoms with Gasteiger partial charge in [0.15, 0.2) is 0 Å². The summed E-state index contributed by atoms with van der Waals surface area (Å²) >= 11 is 0. The largest absolute Gasteiger partial charge is 0.465 e. The van der Waals surface area contributed by atoms with E-state index < -0.39 is 0 Å². The highest BCUT2D eigenvalue weighted by Crippen LogP contribution is 2.22. The van der Waals surface area contributed by atoms with Crippen LogP contribution in [0.3, 0.4) is 0 Å². The highest BCUT2D eigenvalue weighted by Gasteiger charge is 2.27. The molecule has 0 aliphatic carbocycles. The monoisotopic (exact) mass is 310 g/mol. The Labute approximate surface area is 129 Å². The van der Waals surface area contributed by atoms with Crippen molar-refractivity contribution in [1.29, 1.82) is 0 Å². The van der Waals surface area contributed by atoms with Gasteiger partial charge in [0.25, 0.3) is 0 Å². The first-order chi connectivity index (χ1) is 10.6.